The fraction of sp³-hybridized carbons (Fsp3) is 0.417. The number of nitrogens with zero attached hydrogens (tertiary/aromatic N) is 2. The van der Waals surface area contributed by atoms with E-state index in [1.165, 1.54) is 6.07 Å². The van der Waals surface area contributed by atoms with Gasteiger partial charge in [-0.3, -0.25) is 4.79 Å². The fourth-order valence-corrected chi connectivity index (χ4v) is 2.12. The summed E-state index contributed by atoms with van der Waals surface area (Å²) in [4.78, 5) is 18.1. The lowest BCUT2D eigenvalue weighted by Crippen LogP contribution is -2.44. The number of pyridine rings is 1. The van der Waals surface area contributed by atoms with Crippen LogP contribution in [0.5, 0.6) is 0 Å². The Morgan fingerprint density at radius 2 is 2.28 bits per heavy atom. The Labute approximate surface area is 103 Å². The van der Waals surface area contributed by atoms with E-state index in [1.54, 1.807) is 6.20 Å². The smallest absolute Gasteiger partial charge is 0.259 e. The van der Waals surface area contributed by atoms with Gasteiger partial charge in [-0.2, -0.15) is 4.98 Å². The zero-order valence-corrected chi connectivity index (χ0v) is 10.1. The summed E-state index contributed by atoms with van der Waals surface area (Å²) in [5.41, 5.74) is 7.09. The van der Waals surface area contributed by atoms with Gasteiger partial charge in [-0.05, 0) is 31.7 Å². The van der Waals surface area contributed by atoms with Crippen LogP contribution in [0.25, 0.3) is 11.5 Å². The highest BCUT2D eigenvalue weighted by atomic mass is 16.5. The Morgan fingerprint density at radius 3 is 2.89 bits per heavy atom. The molecular weight excluding hydrogens is 232 g/mol. The SMILES string of the molecule is Cc1cc(=O)[nH]cc1-c1nc(C2(N)CCC2)no1. The molecule has 0 atom stereocenters. The summed E-state index contributed by atoms with van der Waals surface area (Å²) in [5.74, 6) is 0.949. The van der Waals surface area contributed by atoms with E-state index in [9.17, 15) is 4.79 Å². The van der Waals surface area contributed by atoms with Gasteiger partial charge in [0.15, 0.2) is 5.82 Å². The van der Waals surface area contributed by atoms with E-state index in [2.05, 4.69) is 15.1 Å². The van der Waals surface area contributed by atoms with Crippen molar-refractivity contribution in [1.29, 1.82) is 0 Å². The summed E-state index contributed by atoms with van der Waals surface area (Å²) >= 11 is 0. The van der Waals surface area contributed by atoms with Gasteiger partial charge in [-0.1, -0.05) is 5.16 Å². The van der Waals surface area contributed by atoms with Gasteiger partial charge in [0.1, 0.15) is 0 Å². The maximum atomic E-state index is 11.2. The van der Waals surface area contributed by atoms with Gasteiger partial charge in [-0.25, -0.2) is 0 Å². The molecule has 18 heavy (non-hydrogen) atoms. The van der Waals surface area contributed by atoms with E-state index >= 15 is 0 Å². The first-order valence-electron chi connectivity index (χ1n) is 5.91. The highest BCUT2D eigenvalue weighted by Gasteiger charge is 2.39. The molecule has 6 nitrogen and oxygen atoms in total. The summed E-state index contributed by atoms with van der Waals surface area (Å²) in [6, 6.07) is 1.50. The summed E-state index contributed by atoms with van der Waals surface area (Å²) in [6.07, 6.45) is 4.45. The molecule has 1 fully saturated rings. The third-order valence-corrected chi connectivity index (χ3v) is 3.48. The minimum absolute atomic E-state index is 0.148. The van der Waals surface area contributed by atoms with Crippen molar-refractivity contribution >= 4 is 0 Å². The lowest BCUT2D eigenvalue weighted by Gasteiger charge is -2.34. The van der Waals surface area contributed by atoms with Gasteiger partial charge in [0.25, 0.3) is 5.89 Å². The number of hydrogen-bond donors (Lipinski definition) is 2. The molecule has 0 bridgehead atoms. The molecular formula is C12H14N4O2. The maximum absolute atomic E-state index is 11.2. The number of nitrogens with two attached hydrogens (primary N) is 1. The zero-order valence-electron chi connectivity index (χ0n) is 10.1. The van der Waals surface area contributed by atoms with Crippen molar-refractivity contribution in [2.45, 2.75) is 31.7 Å². The summed E-state index contributed by atoms with van der Waals surface area (Å²) < 4.78 is 5.23. The van der Waals surface area contributed by atoms with E-state index in [1.807, 2.05) is 6.92 Å². The van der Waals surface area contributed by atoms with Gasteiger partial charge in [0, 0.05) is 12.3 Å². The molecule has 2 aromatic heterocycles. The highest BCUT2D eigenvalue weighted by molar-refractivity contribution is 5.56. The second kappa shape index (κ2) is 3.78. The fourth-order valence-electron chi connectivity index (χ4n) is 2.12. The van der Waals surface area contributed by atoms with Crippen molar-refractivity contribution in [3.05, 3.63) is 34.0 Å². The van der Waals surface area contributed by atoms with Crippen LogP contribution < -0.4 is 11.3 Å². The predicted octanol–water partition coefficient (Wildman–Crippen LogP) is 1.07. The molecule has 0 aliphatic heterocycles. The normalized spacial score (nSPS) is 17.4. The Morgan fingerprint density at radius 1 is 1.50 bits per heavy atom. The molecule has 0 amide bonds. The van der Waals surface area contributed by atoms with Gasteiger partial charge in [0.2, 0.25) is 5.56 Å². The minimum atomic E-state index is -0.433. The molecule has 0 saturated heterocycles. The van der Waals surface area contributed by atoms with Gasteiger partial charge in [0.05, 0.1) is 11.1 Å². The van der Waals surface area contributed by atoms with Crippen molar-refractivity contribution in [3.8, 4) is 11.5 Å². The molecule has 3 N–H and O–H groups in total. The number of nitrogens with one attached hydrogen (secondary N) is 1. The average molecular weight is 246 g/mol. The number of rotatable bonds is 2. The molecule has 1 aliphatic rings. The highest BCUT2D eigenvalue weighted by Crippen LogP contribution is 2.37. The van der Waals surface area contributed by atoms with Crippen LogP contribution in [0.15, 0.2) is 21.6 Å². The molecule has 0 aromatic carbocycles. The number of aromatic nitrogens is 3. The van der Waals surface area contributed by atoms with Crippen molar-refractivity contribution in [2.24, 2.45) is 5.73 Å². The van der Waals surface area contributed by atoms with Crippen molar-refractivity contribution < 1.29 is 4.52 Å². The van der Waals surface area contributed by atoms with E-state index in [0.717, 1.165) is 30.4 Å². The summed E-state index contributed by atoms with van der Waals surface area (Å²) in [5, 5.41) is 3.95. The summed E-state index contributed by atoms with van der Waals surface area (Å²) in [6.45, 7) is 1.83. The topological polar surface area (TPSA) is 97.8 Å². The Bertz CT molecular complexity index is 640. The number of aryl methyl sites for hydroxylation is 1. The first-order valence-corrected chi connectivity index (χ1v) is 5.91. The van der Waals surface area contributed by atoms with Crippen LogP contribution in [0.1, 0.15) is 30.7 Å². The lowest BCUT2D eigenvalue weighted by atomic mass is 9.77. The lowest BCUT2D eigenvalue weighted by molar-refractivity contribution is 0.229. The van der Waals surface area contributed by atoms with Crippen LogP contribution in [0.4, 0.5) is 0 Å². The van der Waals surface area contributed by atoms with E-state index in [4.69, 9.17) is 10.3 Å². The van der Waals surface area contributed by atoms with Crippen molar-refractivity contribution in [2.75, 3.05) is 0 Å². The van der Waals surface area contributed by atoms with Gasteiger partial charge < -0.3 is 15.2 Å². The van der Waals surface area contributed by atoms with Gasteiger partial charge in [-0.15, -0.1) is 0 Å². The molecule has 1 saturated carbocycles. The first kappa shape index (κ1) is 11.2. The van der Waals surface area contributed by atoms with Crippen molar-refractivity contribution in [1.82, 2.24) is 15.1 Å². The molecule has 2 heterocycles. The van der Waals surface area contributed by atoms with E-state index < -0.39 is 5.54 Å². The molecule has 0 radical (unpaired) electrons. The number of hydrogen-bond acceptors (Lipinski definition) is 5. The molecule has 6 heteroatoms. The van der Waals surface area contributed by atoms with E-state index in [0.29, 0.717) is 11.7 Å². The minimum Gasteiger partial charge on any atom is -0.334 e. The zero-order chi connectivity index (χ0) is 12.8. The Kier molecular flexibility index (Phi) is 2.34. The third kappa shape index (κ3) is 1.65. The maximum Gasteiger partial charge on any atom is 0.259 e. The van der Waals surface area contributed by atoms with Crippen LogP contribution >= 0.6 is 0 Å². The monoisotopic (exact) mass is 246 g/mol. The predicted molar refractivity (Wildman–Crippen MR) is 64.8 cm³/mol. The number of H-pyrrole nitrogens is 1. The molecule has 0 unspecified atom stereocenters. The van der Waals surface area contributed by atoms with Crippen LogP contribution in [0, 0.1) is 6.92 Å². The quantitative estimate of drug-likeness (QED) is 0.826. The molecule has 0 spiro atoms. The largest absolute Gasteiger partial charge is 0.334 e. The second-order valence-corrected chi connectivity index (χ2v) is 4.83. The summed E-state index contributed by atoms with van der Waals surface area (Å²) in [7, 11) is 0. The molecule has 94 valence electrons. The number of aromatic amines is 1. The van der Waals surface area contributed by atoms with Crippen LogP contribution in [0.3, 0.4) is 0 Å². The average Bonchev–Trinajstić information content (AvgIpc) is 2.75. The Hall–Kier alpha value is -1.95. The molecule has 2 aromatic rings. The Balaban J connectivity index is 2.00. The molecule has 1 aliphatic carbocycles. The van der Waals surface area contributed by atoms with Crippen molar-refractivity contribution in [3.63, 3.8) is 0 Å². The van der Waals surface area contributed by atoms with Gasteiger partial charge >= 0.3 is 0 Å². The van der Waals surface area contributed by atoms with Crippen LogP contribution in [-0.4, -0.2) is 15.1 Å². The van der Waals surface area contributed by atoms with Crippen LogP contribution in [0.2, 0.25) is 0 Å². The second-order valence-electron chi connectivity index (χ2n) is 4.83. The first-order chi connectivity index (χ1) is 8.58. The van der Waals surface area contributed by atoms with Crippen LogP contribution in [-0.2, 0) is 5.54 Å². The molecule has 3 rings (SSSR count). The standard InChI is InChI=1S/C12H14N4O2/c1-7-5-9(17)14-6-8(7)10-15-11(16-18-10)12(13)3-2-4-12/h5-6H,2-4,13H2,1H3,(H,14,17). The van der Waals surface area contributed by atoms with E-state index in [-0.39, 0.29) is 5.56 Å². The third-order valence-electron chi connectivity index (χ3n) is 3.48.